The molecule has 8 heteroatoms. The summed E-state index contributed by atoms with van der Waals surface area (Å²) in [6, 6.07) is 9.85. The molecule has 162 valence electrons. The van der Waals surface area contributed by atoms with E-state index in [2.05, 4.69) is 37.0 Å². The number of ether oxygens (including phenoxy) is 2. The molecule has 1 aromatic carbocycles. The van der Waals surface area contributed by atoms with Crippen LogP contribution in [0.25, 0.3) is 11.5 Å². The van der Waals surface area contributed by atoms with Crippen LogP contribution in [0, 0.1) is 0 Å². The fraction of sp³-hybridized carbons (Fsp3) is 0.391. The summed E-state index contributed by atoms with van der Waals surface area (Å²) < 4.78 is 10.6. The van der Waals surface area contributed by atoms with Crippen molar-refractivity contribution in [3.63, 3.8) is 0 Å². The molecule has 0 radical (unpaired) electrons. The highest BCUT2D eigenvalue weighted by atomic mass is 16.5. The number of piperidine rings is 1. The van der Waals surface area contributed by atoms with Crippen molar-refractivity contribution in [2.24, 2.45) is 0 Å². The number of aromatic nitrogens is 4. The lowest BCUT2D eigenvalue weighted by Gasteiger charge is -2.31. The van der Waals surface area contributed by atoms with E-state index in [0.717, 1.165) is 43.9 Å². The fourth-order valence-corrected chi connectivity index (χ4v) is 3.81. The summed E-state index contributed by atoms with van der Waals surface area (Å²) in [5, 5.41) is 0. The van der Waals surface area contributed by atoms with Gasteiger partial charge in [0.05, 0.1) is 18.5 Å². The van der Waals surface area contributed by atoms with E-state index in [1.165, 1.54) is 5.56 Å². The highest BCUT2D eigenvalue weighted by molar-refractivity contribution is 5.46. The van der Waals surface area contributed by atoms with Crippen molar-refractivity contribution in [1.82, 2.24) is 24.8 Å². The molecule has 1 fully saturated rings. The summed E-state index contributed by atoms with van der Waals surface area (Å²) in [4.78, 5) is 30.4. The molecular weight excluding hydrogens is 394 g/mol. The lowest BCUT2D eigenvalue weighted by atomic mass is 9.93. The van der Waals surface area contributed by atoms with Crippen LogP contribution in [0.1, 0.15) is 30.0 Å². The summed E-state index contributed by atoms with van der Waals surface area (Å²) in [5.41, 5.74) is 2.52. The summed E-state index contributed by atoms with van der Waals surface area (Å²) in [6.45, 7) is 3.97. The van der Waals surface area contributed by atoms with Gasteiger partial charge in [0, 0.05) is 38.0 Å². The van der Waals surface area contributed by atoms with E-state index in [9.17, 15) is 4.79 Å². The Morgan fingerprint density at radius 2 is 1.94 bits per heavy atom. The first-order chi connectivity index (χ1) is 15.2. The van der Waals surface area contributed by atoms with Crippen LogP contribution >= 0.6 is 0 Å². The molecule has 0 aliphatic carbocycles. The largest absolute Gasteiger partial charge is 0.491 e. The standard InChI is InChI=1S/C23H27N5O3/c1-30-12-13-31-19-4-2-17(3-5-19)16-28-10-6-18(7-11-28)20-14-22(29)27-23(26-20)21-15-24-8-9-25-21/h2-5,8-9,14-15,18H,6-7,10-13,16H2,1H3,(H,26,27,29). The highest BCUT2D eigenvalue weighted by Gasteiger charge is 2.23. The van der Waals surface area contributed by atoms with Crippen molar-refractivity contribution < 1.29 is 9.47 Å². The molecule has 1 N–H and O–H groups in total. The Morgan fingerprint density at radius 1 is 1.13 bits per heavy atom. The number of rotatable bonds is 8. The summed E-state index contributed by atoms with van der Waals surface area (Å²) in [5.74, 6) is 1.61. The second kappa shape index (κ2) is 10.3. The van der Waals surface area contributed by atoms with Gasteiger partial charge in [-0.2, -0.15) is 0 Å². The maximum Gasteiger partial charge on any atom is 0.251 e. The average molecular weight is 422 g/mol. The van der Waals surface area contributed by atoms with E-state index < -0.39 is 0 Å². The molecule has 0 saturated carbocycles. The van der Waals surface area contributed by atoms with Crippen LogP contribution in [-0.2, 0) is 11.3 Å². The Balaban J connectivity index is 1.34. The number of methoxy groups -OCH3 is 1. The molecule has 3 heterocycles. The third-order valence-electron chi connectivity index (χ3n) is 5.46. The predicted octanol–water partition coefficient (Wildman–Crippen LogP) is 2.63. The molecule has 3 aromatic rings. The van der Waals surface area contributed by atoms with Gasteiger partial charge >= 0.3 is 0 Å². The molecular formula is C23H27N5O3. The molecule has 31 heavy (non-hydrogen) atoms. The molecule has 0 bridgehead atoms. The van der Waals surface area contributed by atoms with Gasteiger partial charge in [0.2, 0.25) is 0 Å². The van der Waals surface area contributed by atoms with Crippen molar-refractivity contribution >= 4 is 0 Å². The van der Waals surface area contributed by atoms with Gasteiger partial charge in [-0.1, -0.05) is 12.1 Å². The Morgan fingerprint density at radius 3 is 2.65 bits per heavy atom. The number of hydrogen-bond acceptors (Lipinski definition) is 7. The number of aromatic amines is 1. The highest BCUT2D eigenvalue weighted by Crippen LogP contribution is 2.27. The van der Waals surface area contributed by atoms with E-state index in [1.807, 2.05) is 12.1 Å². The van der Waals surface area contributed by atoms with Gasteiger partial charge in [-0.3, -0.25) is 14.7 Å². The monoisotopic (exact) mass is 421 g/mol. The maximum absolute atomic E-state index is 12.2. The van der Waals surface area contributed by atoms with Crippen LogP contribution in [0.2, 0.25) is 0 Å². The second-order valence-electron chi connectivity index (χ2n) is 7.65. The third kappa shape index (κ3) is 5.74. The van der Waals surface area contributed by atoms with E-state index in [4.69, 9.17) is 9.47 Å². The van der Waals surface area contributed by atoms with E-state index in [0.29, 0.717) is 24.7 Å². The minimum absolute atomic E-state index is 0.152. The van der Waals surface area contributed by atoms with Gasteiger partial charge in [0.1, 0.15) is 18.1 Å². The molecule has 1 aliphatic heterocycles. The topological polar surface area (TPSA) is 93.2 Å². The Hall–Kier alpha value is -3.10. The molecule has 0 amide bonds. The lowest BCUT2D eigenvalue weighted by Crippen LogP contribution is -2.33. The maximum atomic E-state index is 12.2. The Bertz CT molecular complexity index is 1020. The van der Waals surface area contributed by atoms with Crippen LogP contribution in [0.5, 0.6) is 5.75 Å². The zero-order valence-electron chi connectivity index (χ0n) is 17.7. The van der Waals surface area contributed by atoms with Crippen LogP contribution < -0.4 is 10.3 Å². The summed E-state index contributed by atoms with van der Waals surface area (Å²) in [6.07, 6.45) is 6.74. The number of benzene rings is 1. The quantitative estimate of drug-likeness (QED) is 0.559. The van der Waals surface area contributed by atoms with Gasteiger partial charge in [-0.05, 0) is 43.6 Å². The third-order valence-corrected chi connectivity index (χ3v) is 5.46. The second-order valence-corrected chi connectivity index (χ2v) is 7.65. The lowest BCUT2D eigenvalue weighted by molar-refractivity contribution is 0.146. The molecule has 4 rings (SSSR count). The van der Waals surface area contributed by atoms with Crippen molar-refractivity contribution in [3.8, 4) is 17.3 Å². The zero-order valence-corrected chi connectivity index (χ0v) is 17.7. The van der Waals surface area contributed by atoms with E-state index in [-0.39, 0.29) is 11.5 Å². The number of H-pyrrole nitrogens is 1. The van der Waals surface area contributed by atoms with Crippen LogP contribution in [0.15, 0.2) is 53.7 Å². The first kappa shape index (κ1) is 21.1. The van der Waals surface area contributed by atoms with Gasteiger partial charge in [0.15, 0.2) is 5.82 Å². The van der Waals surface area contributed by atoms with Crippen LogP contribution in [0.4, 0.5) is 0 Å². The smallest absolute Gasteiger partial charge is 0.251 e. The number of nitrogens with zero attached hydrogens (tertiary/aromatic N) is 4. The van der Waals surface area contributed by atoms with Crippen molar-refractivity contribution in [3.05, 3.63) is 70.5 Å². The molecule has 0 unspecified atom stereocenters. The first-order valence-corrected chi connectivity index (χ1v) is 10.5. The molecule has 8 nitrogen and oxygen atoms in total. The van der Waals surface area contributed by atoms with Crippen LogP contribution in [0.3, 0.4) is 0 Å². The SMILES string of the molecule is COCCOc1ccc(CN2CCC(c3cc(=O)[nH]c(-c4cnccn4)n3)CC2)cc1. The summed E-state index contributed by atoms with van der Waals surface area (Å²) in [7, 11) is 1.67. The van der Waals surface area contributed by atoms with Crippen molar-refractivity contribution in [2.45, 2.75) is 25.3 Å². The molecule has 2 aromatic heterocycles. The van der Waals surface area contributed by atoms with Crippen LogP contribution in [-0.4, -0.2) is 58.2 Å². The zero-order chi connectivity index (χ0) is 21.5. The first-order valence-electron chi connectivity index (χ1n) is 10.5. The molecule has 0 spiro atoms. The number of likely N-dealkylation sites (tertiary alicyclic amines) is 1. The van der Waals surface area contributed by atoms with Gasteiger partial charge in [-0.15, -0.1) is 0 Å². The van der Waals surface area contributed by atoms with Gasteiger partial charge < -0.3 is 14.5 Å². The molecule has 0 atom stereocenters. The van der Waals surface area contributed by atoms with Crippen molar-refractivity contribution in [1.29, 1.82) is 0 Å². The predicted molar refractivity (Wildman–Crippen MR) is 117 cm³/mol. The molecule has 1 aliphatic rings. The Labute approximate surface area is 181 Å². The van der Waals surface area contributed by atoms with E-state index in [1.54, 1.807) is 31.8 Å². The van der Waals surface area contributed by atoms with Gasteiger partial charge in [-0.25, -0.2) is 9.97 Å². The Kier molecular flexibility index (Phi) is 7.01. The van der Waals surface area contributed by atoms with Gasteiger partial charge in [0.25, 0.3) is 5.56 Å². The number of hydrogen-bond donors (Lipinski definition) is 1. The minimum Gasteiger partial charge on any atom is -0.491 e. The van der Waals surface area contributed by atoms with E-state index >= 15 is 0 Å². The fourth-order valence-electron chi connectivity index (χ4n) is 3.81. The minimum atomic E-state index is -0.152. The van der Waals surface area contributed by atoms with Crippen molar-refractivity contribution in [2.75, 3.05) is 33.4 Å². The normalized spacial score (nSPS) is 15.1. The summed E-state index contributed by atoms with van der Waals surface area (Å²) >= 11 is 0. The average Bonchev–Trinajstić information content (AvgIpc) is 2.81. The molecule has 1 saturated heterocycles. The number of nitrogens with one attached hydrogen (secondary N) is 1.